The van der Waals surface area contributed by atoms with Crippen LogP contribution >= 0.6 is 0 Å². The van der Waals surface area contributed by atoms with Crippen molar-refractivity contribution in [2.75, 3.05) is 32.7 Å². The first-order valence-corrected chi connectivity index (χ1v) is 6.68. The zero-order valence-corrected chi connectivity index (χ0v) is 10.5. The Hall–Kier alpha value is -0.330. The van der Waals surface area contributed by atoms with Crippen molar-refractivity contribution in [1.82, 2.24) is 10.2 Å². The molecule has 0 aromatic heterocycles. The van der Waals surface area contributed by atoms with Crippen LogP contribution in [0.1, 0.15) is 25.7 Å². The summed E-state index contributed by atoms with van der Waals surface area (Å²) in [5, 5.41) is 3.27. The molecule has 2 fully saturated rings. The number of alkyl halides is 3. The number of nitrogens with zero attached hydrogens (tertiary/aromatic N) is 1. The lowest BCUT2D eigenvalue weighted by Crippen LogP contribution is -2.43. The van der Waals surface area contributed by atoms with Gasteiger partial charge in [0.25, 0.3) is 0 Å². The predicted molar refractivity (Wildman–Crippen MR) is 62.5 cm³/mol. The van der Waals surface area contributed by atoms with Crippen LogP contribution in [-0.2, 0) is 4.74 Å². The van der Waals surface area contributed by atoms with Crippen LogP contribution in [0.5, 0.6) is 0 Å². The van der Waals surface area contributed by atoms with Crippen molar-refractivity contribution < 1.29 is 17.9 Å². The Bertz CT molecular complexity index is 246. The lowest BCUT2D eigenvalue weighted by atomic mass is 10.1. The van der Waals surface area contributed by atoms with Gasteiger partial charge >= 0.3 is 6.18 Å². The van der Waals surface area contributed by atoms with E-state index in [1.54, 1.807) is 0 Å². The van der Waals surface area contributed by atoms with E-state index in [1.165, 1.54) is 4.90 Å². The normalized spacial score (nSPS) is 25.5. The smallest absolute Gasteiger partial charge is 0.375 e. The molecule has 0 saturated carbocycles. The van der Waals surface area contributed by atoms with Gasteiger partial charge in [0, 0.05) is 13.1 Å². The molecule has 6 heteroatoms. The standard InChI is InChI=1S/C12H21F3N2O/c13-12(14,15)9-17-7-3-11(4-8-17)18-10-1-5-16-6-2-10/h10-11,16H,1-9H2. The molecule has 0 radical (unpaired) electrons. The second kappa shape index (κ2) is 6.21. The van der Waals surface area contributed by atoms with Gasteiger partial charge in [0.05, 0.1) is 18.8 Å². The van der Waals surface area contributed by atoms with E-state index in [0.29, 0.717) is 19.2 Å². The number of ether oxygens (including phenoxy) is 1. The van der Waals surface area contributed by atoms with Crippen LogP contribution in [0, 0.1) is 0 Å². The van der Waals surface area contributed by atoms with Gasteiger partial charge in [-0.05, 0) is 38.8 Å². The highest BCUT2D eigenvalue weighted by Crippen LogP contribution is 2.22. The minimum absolute atomic E-state index is 0.151. The van der Waals surface area contributed by atoms with Crippen molar-refractivity contribution in [2.24, 2.45) is 0 Å². The lowest BCUT2D eigenvalue weighted by molar-refractivity contribution is -0.152. The Morgan fingerprint density at radius 3 is 2.11 bits per heavy atom. The summed E-state index contributed by atoms with van der Waals surface area (Å²) in [6.07, 6.45) is -0.156. The second-order valence-corrected chi connectivity index (χ2v) is 5.18. The van der Waals surface area contributed by atoms with Gasteiger partial charge in [-0.2, -0.15) is 13.2 Å². The molecule has 0 atom stereocenters. The average Bonchev–Trinajstić information content (AvgIpc) is 2.31. The molecule has 2 aliphatic rings. The van der Waals surface area contributed by atoms with E-state index < -0.39 is 12.7 Å². The maximum absolute atomic E-state index is 12.2. The summed E-state index contributed by atoms with van der Waals surface area (Å²) < 4.78 is 42.7. The van der Waals surface area contributed by atoms with Gasteiger partial charge < -0.3 is 10.1 Å². The third kappa shape index (κ3) is 4.74. The monoisotopic (exact) mass is 266 g/mol. The molecule has 0 aromatic rings. The van der Waals surface area contributed by atoms with Crippen molar-refractivity contribution in [2.45, 2.75) is 44.1 Å². The number of hydrogen-bond acceptors (Lipinski definition) is 3. The molecule has 18 heavy (non-hydrogen) atoms. The summed E-state index contributed by atoms with van der Waals surface area (Å²) in [6, 6.07) is 0. The molecule has 3 nitrogen and oxygen atoms in total. The summed E-state index contributed by atoms with van der Waals surface area (Å²) in [6.45, 7) is 2.17. The fraction of sp³-hybridized carbons (Fsp3) is 1.00. The molecule has 106 valence electrons. The minimum atomic E-state index is -4.08. The average molecular weight is 266 g/mol. The Balaban J connectivity index is 1.66. The molecule has 2 heterocycles. The van der Waals surface area contributed by atoms with Crippen molar-refractivity contribution in [3.05, 3.63) is 0 Å². The van der Waals surface area contributed by atoms with Crippen molar-refractivity contribution in [3.63, 3.8) is 0 Å². The number of likely N-dealkylation sites (tertiary alicyclic amines) is 1. The van der Waals surface area contributed by atoms with Gasteiger partial charge in [0.1, 0.15) is 0 Å². The van der Waals surface area contributed by atoms with Gasteiger partial charge in [0.2, 0.25) is 0 Å². The van der Waals surface area contributed by atoms with E-state index in [2.05, 4.69) is 5.32 Å². The third-order valence-corrected chi connectivity index (χ3v) is 3.61. The van der Waals surface area contributed by atoms with Crippen LogP contribution in [0.4, 0.5) is 13.2 Å². The molecule has 2 aliphatic heterocycles. The van der Waals surface area contributed by atoms with E-state index >= 15 is 0 Å². The van der Waals surface area contributed by atoms with Gasteiger partial charge in [-0.15, -0.1) is 0 Å². The van der Waals surface area contributed by atoms with Gasteiger partial charge in [-0.1, -0.05) is 0 Å². The molecule has 0 spiro atoms. The quantitative estimate of drug-likeness (QED) is 0.842. The Kier molecular flexibility index (Phi) is 4.86. The molecule has 0 bridgehead atoms. The zero-order valence-electron chi connectivity index (χ0n) is 10.5. The predicted octanol–water partition coefficient (Wildman–Crippen LogP) is 1.78. The third-order valence-electron chi connectivity index (χ3n) is 3.61. The van der Waals surface area contributed by atoms with E-state index in [-0.39, 0.29) is 6.10 Å². The fourth-order valence-corrected chi connectivity index (χ4v) is 2.66. The van der Waals surface area contributed by atoms with Crippen LogP contribution in [0.15, 0.2) is 0 Å². The molecule has 2 rings (SSSR count). The molecule has 1 N–H and O–H groups in total. The Labute approximate surface area is 106 Å². The fourth-order valence-electron chi connectivity index (χ4n) is 2.66. The molecular weight excluding hydrogens is 245 g/mol. The number of hydrogen-bond donors (Lipinski definition) is 1. The highest BCUT2D eigenvalue weighted by atomic mass is 19.4. The van der Waals surface area contributed by atoms with Gasteiger partial charge in [-0.3, -0.25) is 4.90 Å². The molecule has 0 unspecified atom stereocenters. The number of rotatable bonds is 3. The van der Waals surface area contributed by atoms with E-state index in [0.717, 1.165) is 38.8 Å². The first-order valence-electron chi connectivity index (χ1n) is 6.68. The summed E-state index contributed by atoms with van der Waals surface area (Å²) >= 11 is 0. The van der Waals surface area contributed by atoms with E-state index in [4.69, 9.17) is 4.74 Å². The molecule has 0 amide bonds. The SMILES string of the molecule is FC(F)(F)CN1CCC(OC2CCNCC2)CC1. The van der Waals surface area contributed by atoms with Crippen LogP contribution in [0.3, 0.4) is 0 Å². The van der Waals surface area contributed by atoms with E-state index in [1.807, 2.05) is 0 Å². The highest BCUT2D eigenvalue weighted by Gasteiger charge is 2.33. The lowest BCUT2D eigenvalue weighted by Gasteiger charge is -2.35. The maximum atomic E-state index is 12.2. The number of nitrogens with one attached hydrogen (secondary N) is 1. The highest BCUT2D eigenvalue weighted by molar-refractivity contribution is 4.77. The number of piperidine rings is 2. The summed E-state index contributed by atoms with van der Waals surface area (Å²) in [5.74, 6) is 0. The topological polar surface area (TPSA) is 24.5 Å². The first-order chi connectivity index (χ1) is 8.53. The van der Waals surface area contributed by atoms with Crippen LogP contribution in [-0.4, -0.2) is 56.0 Å². The summed E-state index contributed by atoms with van der Waals surface area (Å²) in [5.41, 5.74) is 0. The Morgan fingerprint density at radius 2 is 1.56 bits per heavy atom. The van der Waals surface area contributed by atoms with Gasteiger partial charge in [0.15, 0.2) is 0 Å². The minimum Gasteiger partial charge on any atom is -0.375 e. The zero-order chi connectivity index (χ0) is 13.0. The van der Waals surface area contributed by atoms with Crippen LogP contribution < -0.4 is 5.32 Å². The van der Waals surface area contributed by atoms with E-state index in [9.17, 15) is 13.2 Å². The molecule has 0 aromatic carbocycles. The van der Waals surface area contributed by atoms with Crippen molar-refractivity contribution in [3.8, 4) is 0 Å². The maximum Gasteiger partial charge on any atom is 0.401 e. The second-order valence-electron chi connectivity index (χ2n) is 5.18. The van der Waals surface area contributed by atoms with Crippen molar-refractivity contribution >= 4 is 0 Å². The first kappa shape index (κ1) is 14.1. The molecular formula is C12H21F3N2O. The largest absolute Gasteiger partial charge is 0.401 e. The van der Waals surface area contributed by atoms with Crippen LogP contribution in [0.25, 0.3) is 0 Å². The summed E-state index contributed by atoms with van der Waals surface area (Å²) in [4.78, 5) is 1.47. The van der Waals surface area contributed by atoms with Crippen LogP contribution in [0.2, 0.25) is 0 Å². The molecule has 2 saturated heterocycles. The van der Waals surface area contributed by atoms with Gasteiger partial charge in [-0.25, -0.2) is 0 Å². The molecule has 0 aliphatic carbocycles. The van der Waals surface area contributed by atoms with Crippen molar-refractivity contribution in [1.29, 1.82) is 0 Å². The number of halogens is 3. The Morgan fingerprint density at radius 1 is 1.00 bits per heavy atom. The summed E-state index contributed by atoms with van der Waals surface area (Å²) in [7, 11) is 0.